The molecule has 1 aliphatic carbocycles. The fourth-order valence-corrected chi connectivity index (χ4v) is 5.74. The zero-order valence-electron chi connectivity index (χ0n) is 14.8. The van der Waals surface area contributed by atoms with Crippen molar-refractivity contribution >= 4 is 22.2 Å². The first-order chi connectivity index (χ1) is 12.2. The molecular formula is C19H26N4OS. The van der Waals surface area contributed by atoms with Gasteiger partial charge in [0.05, 0.1) is 11.6 Å². The van der Waals surface area contributed by atoms with Crippen LogP contribution in [0.4, 0.5) is 5.00 Å². The topological polar surface area (TPSA) is 68.2 Å². The lowest BCUT2D eigenvalue weighted by molar-refractivity contribution is -0.123. The lowest BCUT2D eigenvalue weighted by Crippen LogP contribution is -2.46. The smallest absolute Gasteiger partial charge is 0.237 e. The Hall–Kier alpha value is -1.58. The molecule has 25 heavy (non-hydrogen) atoms. The molecule has 3 aliphatic rings. The van der Waals surface area contributed by atoms with E-state index in [-0.39, 0.29) is 18.0 Å². The van der Waals surface area contributed by atoms with Crippen molar-refractivity contribution in [1.29, 1.82) is 5.26 Å². The molecule has 2 saturated heterocycles. The van der Waals surface area contributed by atoms with Gasteiger partial charge in [-0.2, -0.15) is 5.26 Å². The van der Waals surface area contributed by atoms with Crippen molar-refractivity contribution in [2.45, 2.75) is 57.5 Å². The number of carbonyl (C=O) groups is 1. The summed E-state index contributed by atoms with van der Waals surface area (Å²) < 4.78 is 0. The predicted octanol–water partition coefficient (Wildman–Crippen LogP) is 2.19. The van der Waals surface area contributed by atoms with Gasteiger partial charge in [-0.25, -0.2) is 0 Å². The number of hydrogen-bond donors (Lipinski definition) is 2. The minimum absolute atomic E-state index is 0.0345. The van der Waals surface area contributed by atoms with Crippen LogP contribution in [-0.4, -0.2) is 37.6 Å². The predicted molar refractivity (Wildman–Crippen MR) is 100 cm³/mol. The third-order valence-electron chi connectivity index (χ3n) is 5.75. The van der Waals surface area contributed by atoms with Gasteiger partial charge in [-0.05, 0) is 56.6 Å². The Kier molecular flexibility index (Phi) is 4.70. The number of fused-ring (bicyclic) bond motifs is 1. The Balaban J connectivity index is 1.42. The van der Waals surface area contributed by atoms with Crippen LogP contribution in [0.2, 0.25) is 0 Å². The Labute approximate surface area is 153 Å². The van der Waals surface area contributed by atoms with Crippen molar-refractivity contribution < 1.29 is 4.79 Å². The van der Waals surface area contributed by atoms with Gasteiger partial charge in [-0.1, -0.05) is 6.92 Å². The van der Waals surface area contributed by atoms with Crippen LogP contribution in [0.25, 0.3) is 0 Å². The first-order valence-electron chi connectivity index (χ1n) is 9.49. The number of nitrogens with zero attached hydrogens (tertiary/aromatic N) is 2. The summed E-state index contributed by atoms with van der Waals surface area (Å²) in [4.78, 5) is 16.2. The third-order valence-corrected chi connectivity index (χ3v) is 7.11. The molecule has 2 N–H and O–H groups in total. The van der Waals surface area contributed by atoms with Crippen molar-refractivity contribution in [3.05, 3.63) is 16.0 Å². The number of anilines is 1. The van der Waals surface area contributed by atoms with Crippen molar-refractivity contribution in [2.24, 2.45) is 5.92 Å². The molecule has 0 aromatic carbocycles. The second-order valence-corrected chi connectivity index (χ2v) is 8.83. The van der Waals surface area contributed by atoms with E-state index in [4.69, 9.17) is 0 Å². The van der Waals surface area contributed by atoms with E-state index >= 15 is 0 Å². The molecule has 0 bridgehead atoms. The summed E-state index contributed by atoms with van der Waals surface area (Å²) in [7, 11) is 0. The number of amides is 1. The maximum atomic E-state index is 12.4. The van der Waals surface area contributed by atoms with Gasteiger partial charge in [-0.15, -0.1) is 11.3 Å². The van der Waals surface area contributed by atoms with Crippen LogP contribution in [0.3, 0.4) is 0 Å². The standard InChI is InChI=1S/C19H26N4OS/c1-12-8-16(21-10-12)18(24)22-13-6-7-23(11-13)19-15(9-20)14-4-2-3-5-17(14)25-19/h12-13,16,21H,2-8,10-11H2,1H3,(H,22,24)/t12-,13-,16-/m0/s1. The SMILES string of the molecule is C[C@@H]1CN[C@H](C(=O)N[C@H]2CCN(c3sc4c(c3C#N)CCCC4)C2)C1. The van der Waals surface area contributed by atoms with E-state index in [1.807, 2.05) is 11.3 Å². The molecule has 0 saturated carbocycles. The zero-order chi connectivity index (χ0) is 17.4. The van der Waals surface area contributed by atoms with E-state index in [9.17, 15) is 10.1 Å². The average Bonchev–Trinajstić information content (AvgIpc) is 3.32. The second-order valence-electron chi connectivity index (χ2n) is 7.74. The van der Waals surface area contributed by atoms with Crippen LogP contribution < -0.4 is 15.5 Å². The average molecular weight is 359 g/mol. The number of nitriles is 1. The van der Waals surface area contributed by atoms with E-state index < -0.39 is 0 Å². The highest BCUT2D eigenvalue weighted by Crippen LogP contribution is 2.40. The number of hydrogen-bond acceptors (Lipinski definition) is 5. The first-order valence-corrected chi connectivity index (χ1v) is 10.3. The minimum Gasteiger partial charge on any atom is -0.360 e. The molecular weight excluding hydrogens is 332 g/mol. The largest absolute Gasteiger partial charge is 0.360 e. The molecule has 1 aromatic rings. The highest BCUT2D eigenvalue weighted by molar-refractivity contribution is 7.16. The molecule has 2 aliphatic heterocycles. The number of carbonyl (C=O) groups excluding carboxylic acids is 1. The van der Waals surface area contributed by atoms with Crippen LogP contribution in [0.5, 0.6) is 0 Å². The van der Waals surface area contributed by atoms with Gasteiger partial charge < -0.3 is 15.5 Å². The second kappa shape index (κ2) is 6.97. The monoisotopic (exact) mass is 358 g/mol. The van der Waals surface area contributed by atoms with Gasteiger partial charge >= 0.3 is 0 Å². The summed E-state index contributed by atoms with van der Waals surface area (Å²) in [5.74, 6) is 0.716. The van der Waals surface area contributed by atoms with Gasteiger partial charge in [0.25, 0.3) is 0 Å². The van der Waals surface area contributed by atoms with Crippen molar-refractivity contribution in [3.63, 3.8) is 0 Å². The normalized spacial score (nSPS) is 28.6. The molecule has 134 valence electrons. The van der Waals surface area contributed by atoms with Crippen LogP contribution in [-0.2, 0) is 17.6 Å². The summed E-state index contributed by atoms with van der Waals surface area (Å²) in [6.45, 7) is 4.86. The number of rotatable bonds is 3. The molecule has 4 rings (SSSR count). The van der Waals surface area contributed by atoms with E-state index in [2.05, 4.69) is 28.5 Å². The van der Waals surface area contributed by atoms with Gasteiger partial charge in [-0.3, -0.25) is 4.79 Å². The maximum absolute atomic E-state index is 12.4. The summed E-state index contributed by atoms with van der Waals surface area (Å²) in [6, 6.07) is 2.61. The molecule has 1 aromatic heterocycles. The van der Waals surface area contributed by atoms with Crippen molar-refractivity contribution in [3.8, 4) is 6.07 Å². The van der Waals surface area contributed by atoms with E-state index in [1.165, 1.54) is 23.3 Å². The fraction of sp³-hybridized carbons (Fsp3) is 0.684. The molecule has 3 atom stereocenters. The van der Waals surface area contributed by atoms with Crippen LogP contribution in [0.15, 0.2) is 0 Å². The maximum Gasteiger partial charge on any atom is 0.237 e. The quantitative estimate of drug-likeness (QED) is 0.869. The first kappa shape index (κ1) is 16.9. The molecule has 3 heterocycles. The molecule has 6 heteroatoms. The molecule has 5 nitrogen and oxygen atoms in total. The molecule has 2 fully saturated rings. The van der Waals surface area contributed by atoms with Crippen LogP contribution in [0, 0.1) is 17.2 Å². The highest BCUT2D eigenvalue weighted by Gasteiger charge is 2.32. The highest BCUT2D eigenvalue weighted by atomic mass is 32.1. The fourth-order valence-electron chi connectivity index (χ4n) is 4.37. The molecule has 1 amide bonds. The Morgan fingerprint density at radius 1 is 1.40 bits per heavy atom. The van der Waals surface area contributed by atoms with Crippen molar-refractivity contribution in [1.82, 2.24) is 10.6 Å². The molecule has 0 spiro atoms. The number of aryl methyl sites for hydroxylation is 1. The summed E-state index contributed by atoms with van der Waals surface area (Å²) in [5.41, 5.74) is 2.20. The van der Waals surface area contributed by atoms with Gasteiger partial charge in [0.2, 0.25) is 5.91 Å². The van der Waals surface area contributed by atoms with Crippen LogP contribution >= 0.6 is 11.3 Å². The summed E-state index contributed by atoms with van der Waals surface area (Å²) in [5, 5.41) is 17.3. The molecule has 0 radical (unpaired) electrons. The van der Waals surface area contributed by atoms with Gasteiger partial charge in [0.15, 0.2) is 0 Å². The van der Waals surface area contributed by atoms with E-state index in [1.54, 1.807) is 0 Å². The third kappa shape index (κ3) is 3.28. The van der Waals surface area contributed by atoms with Crippen molar-refractivity contribution in [2.75, 3.05) is 24.5 Å². The van der Waals surface area contributed by atoms with Gasteiger partial charge in [0, 0.05) is 24.0 Å². The lowest BCUT2D eigenvalue weighted by atomic mass is 9.96. The Morgan fingerprint density at radius 2 is 2.24 bits per heavy atom. The van der Waals surface area contributed by atoms with E-state index in [0.717, 1.165) is 55.9 Å². The lowest BCUT2D eigenvalue weighted by Gasteiger charge is -2.19. The number of nitrogens with one attached hydrogen (secondary N) is 2. The molecule has 0 unspecified atom stereocenters. The summed E-state index contributed by atoms with van der Waals surface area (Å²) >= 11 is 1.81. The van der Waals surface area contributed by atoms with Gasteiger partial charge in [0.1, 0.15) is 11.1 Å². The number of thiophene rings is 1. The van der Waals surface area contributed by atoms with Crippen LogP contribution in [0.1, 0.15) is 48.6 Å². The Bertz CT molecular complexity index is 707. The minimum atomic E-state index is -0.0345. The van der Waals surface area contributed by atoms with E-state index in [0.29, 0.717) is 5.92 Å². The zero-order valence-corrected chi connectivity index (χ0v) is 15.6. The Morgan fingerprint density at radius 3 is 3.00 bits per heavy atom. The summed E-state index contributed by atoms with van der Waals surface area (Å²) in [6.07, 6.45) is 6.50.